The summed E-state index contributed by atoms with van der Waals surface area (Å²) in [5.74, 6) is 0.0337. The monoisotopic (exact) mass is 404 g/mol. The zero-order valence-electron chi connectivity index (χ0n) is 15.6. The Morgan fingerprint density at radius 2 is 1.93 bits per heavy atom. The first kappa shape index (κ1) is 21.2. The Kier molecular flexibility index (Phi) is 8.55. The minimum atomic E-state index is -0.445. The molecule has 0 heterocycles. The van der Waals surface area contributed by atoms with Gasteiger partial charge >= 0.3 is 5.97 Å². The van der Waals surface area contributed by atoms with Crippen molar-refractivity contribution >= 4 is 40.6 Å². The molecule has 4 nitrogen and oxygen atoms in total. The van der Waals surface area contributed by atoms with E-state index in [4.69, 9.17) is 28.6 Å². The zero-order valence-corrected chi connectivity index (χ0v) is 17.2. The van der Waals surface area contributed by atoms with Crippen molar-refractivity contribution in [2.45, 2.75) is 26.7 Å². The van der Waals surface area contributed by atoms with Crippen molar-refractivity contribution < 1.29 is 9.53 Å². The van der Waals surface area contributed by atoms with Gasteiger partial charge in [0.25, 0.3) is 0 Å². The molecule has 0 aliphatic rings. The lowest BCUT2D eigenvalue weighted by atomic mass is 9.97. The third kappa shape index (κ3) is 6.85. The van der Waals surface area contributed by atoms with E-state index in [0.717, 1.165) is 19.4 Å². The summed E-state index contributed by atoms with van der Waals surface area (Å²) in [5, 5.41) is 7.23. The number of carbonyl (C=O) groups excluding carboxylic acids is 1. The second kappa shape index (κ2) is 10.9. The lowest BCUT2D eigenvalue weighted by Gasteiger charge is -2.18. The van der Waals surface area contributed by atoms with Gasteiger partial charge in [-0.05, 0) is 55.2 Å². The van der Waals surface area contributed by atoms with Gasteiger partial charge in [0, 0.05) is 12.2 Å². The maximum absolute atomic E-state index is 11.9. The van der Waals surface area contributed by atoms with Gasteiger partial charge in [0.1, 0.15) is 0 Å². The van der Waals surface area contributed by atoms with Gasteiger partial charge < -0.3 is 15.4 Å². The van der Waals surface area contributed by atoms with Crippen LogP contribution in [0.15, 0.2) is 48.5 Å². The molecule has 2 rings (SSSR count). The maximum Gasteiger partial charge on any atom is 0.339 e. The van der Waals surface area contributed by atoms with E-state index in [2.05, 4.69) is 41.8 Å². The highest BCUT2D eigenvalue weighted by Gasteiger charge is 2.13. The number of anilines is 1. The maximum atomic E-state index is 11.9. The topological polar surface area (TPSA) is 50.4 Å². The van der Waals surface area contributed by atoms with E-state index in [1.54, 1.807) is 25.1 Å². The highest BCUT2D eigenvalue weighted by molar-refractivity contribution is 7.80. The molecule has 0 bridgehead atoms. The summed E-state index contributed by atoms with van der Waals surface area (Å²) in [5.41, 5.74) is 2.33. The largest absolute Gasteiger partial charge is 0.462 e. The molecular formula is C21H25ClN2O2S. The summed E-state index contributed by atoms with van der Waals surface area (Å²) in [7, 11) is 0. The van der Waals surface area contributed by atoms with Gasteiger partial charge in [0.15, 0.2) is 5.11 Å². The van der Waals surface area contributed by atoms with Crippen LogP contribution in [-0.4, -0.2) is 24.2 Å². The SMILES string of the molecule is CCOC(=O)c1cc(NC(=S)NCC(CC)Cc2ccccc2)ccc1Cl. The Morgan fingerprint density at radius 3 is 2.59 bits per heavy atom. The quantitative estimate of drug-likeness (QED) is 0.475. The van der Waals surface area contributed by atoms with Crippen molar-refractivity contribution in [2.75, 3.05) is 18.5 Å². The van der Waals surface area contributed by atoms with Crippen LogP contribution in [0.2, 0.25) is 5.02 Å². The van der Waals surface area contributed by atoms with Crippen molar-refractivity contribution in [3.8, 4) is 0 Å². The van der Waals surface area contributed by atoms with Gasteiger partial charge in [0.2, 0.25) is 0 Å². The van der Waals surface area contributed by atoms with Crippen molar-refractivity contribution in [3.05, 3.63) is 64.7 Å². The average Bonchev–Trinajstić information content (AvgIpc) is 2.67. The van der Waals surface area contributed by atoms with E-state index in [1.807, 2.05) is 6.07 Å². The molecular weight excluding hydrogens is 380 g/mol. The van der Waals surface area contributed by atoms with E-state index in [1.165, 1.54) is 5.56 Å². The summed E-state index contributed by atoms with van der Waals surface area (Å²) in [4.78, 5) is 11.9. The predicted molar refractivity (Wildman–Crippen MR) is 116 cm³/mol. The lowest BCUT2D eigenvalue weighted by molar-refractivity contribution is 0.0526. The summed E-state index contributed by atoms with van der Waals surface area (Å²) in [6.07, 6.45) is 2.05. The van der Waals surface area contributed by atoms with Crippen LogP contribution in [0.1, 0.15) is 36.2 Å². The van der Waals surface area contributed by atoms with Gasteiger partial charge in [-0.2, -0.15) is 0 Å². The Hall–Kier alpha value is -2.11. The predicted octanol–water partition coefficient (Wildman–Crippen LogP) is 5.07. The van der Waals surface area contributed by atoms with E-state index in [0.29, 0.717) is 33.9 Å². The number of benzene rings is 2. The normalized spacial score (nSPS) is 11.5. The number of halogens is 1. The standard InChI is InChI=1S/C21H25ClN2O2S/c1-3-15(12-16-8-6-5-7-9-16)14-23-21(27)24-17-10-11-19(22)18(13-17)20(25)26-4-2/h5-11,13,15H,3-4,12,14H2,1-2H3,(H2,23,24,27). The fourth-order valence-corrected chi connectivity index (χ4v) is 3.08. The smallest absolute Gasteiger partial charge is 0.339 e. The van der Waals surface area contributed by atoms with Gasteiger partial charge in [-0.1, -0.05) is 55.3 Å². The number of rotatable bonds is 8. The van der Waals surface area contributed by atoms with Crippen molar-refractivity contribution in [1.29, 1.82) is 0 Å². The van der Waals surface area contributed by atoms with Crippen LogP contribution in [0, 0.1) is 5.92 Å². The molecule has 0 saturated carbocycles. The Bertz CT molecular complexity index is 768. The van der Waals surface area contributed by atoms with E-state index < -0.39 is 5.97 Å². The van der Waals surface area contributed by atoms with Crippen LogP contribution >= 0.6 is 23.8 Å². The van der Waals surface area contributed by atoms with Crippen LogP contribution in [0.3, 0.4) is 0 Å². The van der Waals surface area contributed by atoms with Gasteiger partial charge in [-0.15, -0.1) is 0 Å². The number of hydrogen-bond acceptors (Lipinski definition) is 3. The first-order chi connectivity index (χ1) is 13.0. The molecule has 0 saturated heterocycles. The van der Waals surface area contributed by atoms with E-state index >= 15 is 0 Å². The molecule has 6 heteroatoms. The lowest BCUT2D eigenvalue weighted by Crippen LogP contribution is -2.33. The van der Waals surface area contributed by atoms with Crippen LogP contribution < -0.4 is 10.6 Å². The van der Waals surface area contributed by atoms with E-state index in [-0.39, 0.29) is 0 Å². The zero-order chi connectivity index (χ0) is 19.6. The minimum Gasteiger partial charge on any atom is -0.462 e. The Balaban J connectivity index is 1.91. The summed E-state index contributed by atoms with van der Waals surface area (Å²) >= 11 is 11.5. The first-order valence-corrected chi connectivity index (χ1v) is 9.87. The summed E-state index contributed by atoms with van der Waals surface area (Å²) in [6.45, 7) is 5.01. The van der Waals surface area contributed by atoms with Gasteiger partial charge in [-0.3, -0.25) is 0 Å². The fraction of sp³-hybridized carbons (Fsp3) is 0.333. The molecule has 0 spiro atoms. The number of carbonyl (C=O) groups is 1. The van der Waals surface area contributed by atoms with Gasteiger partial charge in [0.05, 0.1) is 17.2 Å². The highest BCUT2D eigenvalue weighted by atomic mass is 35.5. The number of esters is 1. The minimum absolute atomic E-state index is 0.298. The van der Waals surface area contributed by atoms with Crippen molar-refractivity contribution in [2.24, 2.45) is 5.92 Å². The molecule has 0 aliphatic carbocycles. The molecule has 1 unspecified atom stereocenters. The molecule has 27 heavy (non-hydrogen) atoms. The second-order valence-corrected chi connectivity index (χ2v) is 7.03. The fourth-order valence-electron chi connectivity index (χ4n) is 2.69. The third-order valence-electron chi connectivity index (χ3n) is 4.22. The Labute approximate surface area is 171 Å². The highest BCUT2D eigenvalue weighted by Crippen LogP contribution is 2.21. The van der Waals surface area contributed by atoms with Crippen LogP contribution in [0.25, 0.3) is 0 Å². The third-order valence-corrected chi connectivity index (χ3v) is 4.79. The molecule has 1 atom stereocenters. The Morgan fingerprint density at radius 1 is 1.19 bits per heavy atom. The molecule has 0 amide bonds. The van der Waals surface area contributed by atoms with Gasteiger partial charge in [-0.25, -0.2) is 4.79 Å². The molecule has 0 fully saturated rings. The van der Waals surface area contributed by atoms with Crippen molar-refractivity contribution in [1.82, 2.24) is 5.32 Å². The molecule has 2 aromatic rings. The first-order valence-electron chi connectivity index (χ1n) is 9.08. The molecule has 2 N–H and O–H groups in total. The molecule has 144 valence electrons. The summed E-state index contributed by atoms with van der Waals surface area (Å²) in [6, 6.07) is 15.5. The second-order valence-electron chi connectivity index (χ2n) is 6.21. The molecule has 0 aromatic heterocycles. The molecule has 0 aliphatic heterocycles. The van der Waals surface area contributed by atoms with Crippen LogP contribution in [-0.2, 0) is 11.2 Å². The molecule has 2 aromatic carbocycles. The number of nitrogens with one attached hydrogen (secondary N) is 2. The molecule has 0 radical (unpaired) electrons. The number of thiocarbonyl (C=S) groups is 1. The average molecular weight is 405 g/mol. The van der Waals surface area contributed by atoms with E-state index in [9.17, 15) is 4.79 Å². The summed E-state index contributed by atoms with van der Waals surface area (Å²) < 4.78 is 5.02. The number of ether oxygens (including phenoxy) is 1. The van der Waals surface area contributed by atoms with Crippen molar-refractivity contribution in [3.63, 3.8) is 0 Å². The van der Waals surface area contributed by atoms with Crippen LogP contribution in [0.5, 0.6) is 0 Å². The van der Waals surface area contributed by atoms with Crippen LogP contribution in [0.4, 0.5) is 5.69 Å². The number of hydrogen-bond donors (Lipinski definition) is 2.